The van der Waals surface area contributed by atoms with Gasteiger partial charge >= 0.3 is 0 Å². The molecule has 0 aliphatic carbocycles. The molecule has 1 N–H and O–H groups in total. The lowest BCUT2D eigenvalue weighted by atomic mass is 10.1. The molecule has 0 aliphatic heterocycles. The van der Waals surface area contributed by atoms with Crippen LogP contribution in [-0.4, -0.2) is 18.6 Å². The van der Waals surface area contributed by atoms with E-state index in [-0.39, 0.29) is 5.91 Å². The molecule has 1 atom stereocenters. The number of hydrogen-bond donors (Lipinski definition) is 1. The Bertz CT molecular complexity index is 969. The highest BCUT2D eigenvalue weighted by molar-refractivity contribution is 5.95. The van der Waals surface area contributed by atoms with Crippen molar-refractivity contribution in [2.45, 2.75) is 39.7 Å². The van der Waals surface area contributed by atoms with E-state index in [9.17, 15) is 4.79 Å². The highest BCUT2D eigenvalue weighted by Crippen LogP contribution is 2.25. The molecule has 1 unspecified atom stereocenters. The minimum atomic E-state index is -0.628. The van der Waals surface area contributed by atoms with Crippen molar-refractivity contribution in [1.82, 2.24) is 0 Å². The van der Waals surface area contributed by atoms with Gasteiger partial charge in [-0.15, -0.1) is 0 Å². The van der Waals surface area contributed by atoms with E-state index in [1.54, 1.807) is 6.92 Å². The summed E-state index contributed by atoms with van der Waals surface area (Å²) in [5, 5.41) is 2.93. The number of amides is 1. The minimum absolute atomic E-state index is 0.212. The van der Waals surface area contributed by atoms with Gasteiger partial charge in [-0.05, 0) is 68.5 Å². The summed E-state index contributed by atoms with van der Waals surface area (Å²) in [5.74, 6) is 1.18. The van der Waals surface area contributed by atoms with Crippen molar-refractivity contribution in [3.05, 3.63) is 89.5 Å². The summed E-state index contributed by atoms with van der Waals surface area (Å²) in [6.45, 7) is 6.30. The van der Waals surface area contributed by atoms with Crippen molar-refractivity contribution in [2.75, 3.05) is 11.9 Å². The fourth-order valence-electron chi connectivity index (χ4n) is 3.11. The quantitative estimate of drug-likeness (QED) is 0.465. The second-order valence-electron chi connectivity index (χ2n) is 7.45. The SMILES string of the molecule is Cc1ccc(C)c(OC(C)C(=O)Nc2ccccc2OCCCc2ccccc2)c1. The minimum Gasteiger partial charge on any atom is -0.491 e. The van der Waals surface area contributed by atoms with Crippen molar-refractivity contribution in [3.63, 3.8) is 0 Å². The third kappa shape index (κ3) is 6.11. The third-order valence-corrected chi connectivity index (χ3v) is 4.87. The van der Waals surface area contributed by atoms with E-state index in [0.29, 0.717) is 18.0 Å². The van der Waals surface area contributed by atoms with E-state index >= 15 is 0 Å². The van der Waals surface area contributed by atoms with Crippen molar-refractivity contribution >= 4 is 11.6 Å². The zero-order chi connectivity index (χ0) is 21.3. The number of para-hydroxylation sites is 2. The molecular weight excluding hydrogens is 374 g/mol. The molecule has 0 aliphatic rings. The van der Waals surface area contributed by atoms with Crippen LogP contribution in [0.4, 0.5) is 5.69 Å². The molecule has 0 spiro atoms. The Morgan fingerprint density at radius 1 is 0.933 bits per heavy atom. The smallest absolute Gasteiger partial charge is 0.265 e. The first kappa shape index (κ1) is 21.4. The highest BCUT2D eigenvalue weighted by atomic mass is 16.5. The fourth-order valence-corrected chi connectivity index (χ4v) is 3.11. The number of nitrogens with one attached hydrogen (secondary N) is 1. The zero-order valence-corrected chi connectivity index (χ0v) is 17.9. The van der Waals surface area contributed by atoms with E-state index in [1.807, 2.05) is 74.5 Å². The lowest BCUT2D eigenvalue weighted by Crippen LogP contribution is -2.30. The number of anilines is 1. The lowest BCUT2D eigenvalue weighted by Gasteiger charge is -2.18. The second-order valence-corrected chi connectivity index (χ2v) is 7.45. The molecule has 3 rings (SSSR count). The first-order valence-corrected chi connectivity index (χ1v) is 10.3. The number of ether oxygens (including phenoxy) is 2. The van der Waals surface area contributed by atoms with Crippen LogP contribution in [-0.2, 0) is 11.2 Å². The van der Waals surface area contributed by atoms with Crippen LogP contribution in [0.25, 0.3) is 0 Å². The first-order chi connectivity index (χ1) is 14.5. The molecule has 4 heteroatoms. The molecule has 0 saturated heterocycles. The maximum absolute atomic E-state index is 12.7. The largest absolute Gasteiger partial charge is 0.491 e. The highest BCUT2D eigenvalue weighted by Gasteiger charge is 2.17. The number of hydrogen-bond acceptors (Lipinski definition) is 3. The van der Waals surface area contributed by atoms with Gasteiger partial charge in [0.1, 0.15) is 11.5 Å². The maximum atomic E-state index is 12.7. The van der Waals surface area contributed by atoms with Gasteiger partial charge in [-0.1, -0.05) is 54.6 Å². The molecule has 0 saturated carbocycles. The molecule has 0 aromatic heterocycles. The molecule has 156 valence electrons. The molecule has 0 bridgehead atoms. The number of carbonyl (C=O) groups excluding carboxylic acids is 1. The van der Waals surface area contributed by atoms with Crippen molar-refractivity contribution in [1.29, 1.82) is 0 Å². The zero-order valence-electron chi connectivity index (χ0n) is 17.9. The number of carbonyl (C=O) groups is 1. The van der Waals surface area contributed by atoms with Gasteiger partial charge in [0, 0.05) is 0 Å². The Morgan fingerprint density at radius 2 is 1.67 bits per heavy atom. The van der Waals surface area contributed by atoms with Gasteiger partial charge in [0.25, 0.3) is 5.91 Å². The van der Waals surface area contributed by atoms with Crippen LogP contribution in [0.5, 0.6) is 11.5 Å². The molecule has 4 nitrogen and oxygen atoms in total. The first-order valence-electron chi connectivity index (χ1n) is 10.3. The summed E-state index contributed by atoms with van der Waals surface area (Å²) < 4.78 is 11.8. The van der Waals surface area contributed by atoms with Crippen molar-refractivity contribution < 1.29 is 14.3 Å². The molecule has 0 radical (unpaired) electrons. The average molecular weight is 404 g/mol. The Balaban J connectivity index is 1.55. The van der Waals surface area contributed by atoms with Crippen LogP contribution < -0.4 is 14.8 Å². The fraction of sp³-hybridized carbons (Fsp3) is 0.269. The predicted octanol–water partition coefficient (Wildman–Crippen LogP) is 5.72. The van der Waals surface area contributed by atoms with Crippen LogP contribution in [0.3, 0.4) is 0 Å². The van der Waals surface area contributed by atoms with Crippen LogP contribution >= 0.6 is 0 Å². The van der Waals surface area contributed by atoms with E-state index in [1.165, 1.54) is 5.56 Å². The Kier molecular flexibility index (Phi) is 7.50. The molecule has 3 aromatic rings. The summed E-state index contributed by atoms with van der Waals surface area (Å²) in [7, 11) is 0. The van der Waals surface area contributed by atoms with E-state index in [4.69, 9.17) is 9.47 Å². The maximum Gasteiger partial charge on any atom is 0.265 e. The molecule has 1 amide bonds. The summed E-state index contributed by atoms with van der Waals surface area (Å²) in [6.07, 6.45) is 1.23. The summed E-state index contributed by atoms with van der Waals surface area (Å²) in [5.41, 5.74) is 4.04. The van der Waals surface area contributed by atoms with Crippen molar-refractivity contribution in [2.24, 2.45) is 0 Å². The second kappa shape index (κ2) is 10.5. The molecule has 30 heavy (non-hydrogen) atoms. The van der Waals surface area contributed by atoms with Gasteiger partial charge in [0.15, 0.2) is 6.10 Å². The van der Waals surface area contributed by atoms with Crippen molar-refractivity contribution in [3.8, 4) is 11.5 Å². The Hall–Kier alpha value is -3.27. The Morgan fingerprint density at radius 3 is 2.47 bits per heavy atom. The van der Waals surface area contributed by atoms with Gasteiger partial charge < -0.3 is 14.8 Å². The van der Waals surface area contributed by atoms with Gasteiger partial charge in [0.05, 0.1) is 12.3 Å². The summed E-state index contributed by atoms with van der Waals surface area (Å²) in [4.78, 5) is 12.7. The van der Waals surface area contributed by atoms with Crippen LogP contribution in [0.1, 0.15) is 30.0 Å². The normalized spacial score (nSPS) is 11.6. The third-order valence-electron chi connectivity index (χ3n) is 4.87. The van der Waals surface area contributed by atoms with E-state index in [2.05, 4.69) is 17.4 Å². The van der Waals surface area contributed by atoms with Crippen LogP contribution in [0.15, 0.2) is 72.8 Å². The van der Waals surface area contributed by atoms with E-state index < -0.39 is 6.10 Å². The summed E-state index contributed by atoms with van der Waals surface area (Å²) >= 11 is 0. The van der Waals surface area contributed by atoms with E-state index in [0.717, 1.165) is 29.7 Å². The lowest BCUT2D eigenvalue weighted by molar-refractivity contribution is -0.122. The standard InChI is InChI=1S/C26H29NO3/c1-19-15-16-20(2)25(18-19)30-21(3)26(28)27-23-13-7-8-14-24(23)29-17-9-12-22-10-5-4-6-11-22/h4-8,10-11,13-16,18,21H,9,12,17H2,1-3H3,(H,27,28). The summed E-state index contributed by atoms with van der Waals surface area (Å²) in [6, 6.07) is 23.8. The number of aryl methyl sites for hydroxylation is 3. The molecule has 0 heterocycles. The van der Waals surface area contributed by atoms with Crippen LogP contribution in [0, 0.1) is 13.8 Å². The molecule has 0 fully saturated rings. The number of rotatable bonds is 9. The monoisotopic (exact) mass is 403 g/mol. The van der Waals surface area contributed by atoms with Gasteiger partial charge in [0.2, 0.25) is 0 Å². The average Bonchev–Trinajstić information content (AvgIpc) is 2.75. The van der Waals surface area contributed by atoms with Gasteiger partial charge in [-0.25, -0.2) is 0 Å². The van der Waals surface area contributed by atoms with Gasteiger partial charge in [-0.2, -0.15) is 0 Å². The number of benzene rings is 3. The molecule has 3 aromatic carbocycles. The molecular formula is C26H29NO3. The predicted molar refractivity (Wildman–Crippen MR) is 121 cm³/mol. The van der Waals surface area contributed by atoms with Gasteiger partial charge in [-0.3, -0.25) is 4.79 Å². The Labute approximate surface area is 178 Å². The topological polar surface area (TPSA) is 47.6 Å². The van der Waals surface area contributed by atoms with Crippen LogP contribution in [0.2, 0.25) is 0 Å².